The molecule has 1 aromatic heterocycles. The summed E-state index contributed by atoms with van der Waals surface area (Å²) in [5.74, 6) is 0. The van der Waals surface area contributed by atoms with Crippen LogP contribution in [0.2, 0.25) is 0 Å². The number of nitrogens with two attached hydrogens (primary N) is 1. The molecular weight excluding hydrogens is 296 g/mol. The van der Waals surface area contributed by atoms with Crippen LogP contribution in [0.3, 0.4) is 0 Å². The molecule has 1 atom stereocenters. The average Bonchev–Trinajstić information content (AvgIpc) is 2.79. The van der Waals surface area contributed by atoms with Gasteiger partial charge in [0, 0.05) is 20.7 Å². The molecule has 2 rings (SSSR count). The van der Waals surface area contributed by atoms with Gasteiger partial charge in [-0.3, -0.25) is 0 Å². The Morgan fingerprint density at radius 1 is 1.41 bits per heavy atom. The highest BCUT2D eigenvalue weighted by Gasteiger charge is 2.09. The Balaban J connectivity index is 2.22. The van der Waals surface area contributed by atoms with Gasteiger partial charge in [0.1, 0.15) is 0 Å². The second-order valence-corrected chi connectivity index (χ2v) is 5.90. The van der Waals surface area contributed by atoms with Gasteiger partial charge in [-0.1, -0.05) is 6.07 Å². The van der Waals surface area contributed by atoms with E-state index < -0.39 is 0 Å². The van der Waals surface area contributed by atoms with E-state index >= 15 is 0 Å². The van der Waals surface area contributed by atoms with Crippen molar-refractivity contribution in [2.45, 2.75) is 19.9 Å². The smallest absolute Gasteiger partial charge is 0.0578 e. The molecule has 4 heteroatoms. The summed E-state index contributed by atoms with van der Waals surface area (Å²) in [6.07, 6.45) is 0. The number of thiophene rings is 1. The molecule has 0 spiro atoms. The van der Waals surface area contributed by atoms with Crippen molar-refractivity contribution < 1.29 is 0 Å². The van der Waals surface area contributed by atoms with Gasteiger partial charge in [0.05, 0.1) is 6.04 Å². The van der Waals surface area contributed by atoms with E-state index in [4.69, 9.17) is 5.73 Å². The van der Waals surface area contributed by atoms with Crippen LogP contribution in [0.5, 0.6) is 0 Å². The number of rotatable bonds is 3. The second kappa shape index (κ2) is 5.10. The Kier molecular flexibility index (Phi) is 3.74. The Bertz CT molecular complexity index is 508. The number of nitrogen functional groups attached to an aromatic ring is 1. The molecule has 90 valence electrons. The first kappa shape index (κ1) is 12.5. The highest BCUT2D eigenvalue weighted by atomic mass is 79.9. The molecule has 0 aliphatic heterocycles. The molecule has 3 N–H and O–H groups in total. The van der Waals surface area contributed by atoms with E-state index in [0.29, 0.717) is 6.04 Å². The van der Waals surface area contributed by atoms with Crippen molar-refractivity contribution in [2.75, 3.05) is 11.1 Å². The third-order valence-corrected chi connectivity index (χ3v) is 4.41. The Labute approximate surface area is 114 Å². The minimum absolute atomic E-state index is 0.300. The summed E-state index contributed by atoms with van der Waals surface area (Å²) in [7, 11) is 0. The number of benzene rings is 1. The van der Waals surface area contributed by atoms with Crippen molar-refractivity contribution in [2.24, 2.45) is 0 Å². The fourth-order valence-electron chi connectivity index (χ4n) is 1.65. The standard InChI is InChI=1S/C13H15BrN2S/c1-8-6-12(10(14)7-11(8)15)16-9(2)13-4-3-5-17-13/h3-7,9,16H,15H2,1-2H3. The Morgan fingerprint density at radius 3 is 2.82 bits per heavy atom. The number of halogens is 1. The minimum atomic E-state index is 0.300. The summed E-state index contributed by atoms with van der Waals surface area (Å²) in [6, 6.07) is 8.53. The van der Waals surface area contributed by atoms with Crippen molar-refractivity contribution in [1.29, 1.82) is 0 Å². The van der Waals surface area contributed by atoms with Gasteiger partial charge in [-0.2, -0.15) is 0 Å². The van der Waals surface area contributed by atoms with Crippen molar-refractivity contribution in [3.05, 3.63) is 44.6 Å². The van der Waals surface area contributed by atoms with Crippen LogP contribution in [0.15, 0.2) is 34.1 Å². The van der Waals surface area contributed by atoms with E-state index in [1.807, 2.05) is 13.0 Å². The molecule has 2 nitrogen and oxygen atoms in total. The van der Waals surface area contributed by atoms with Crippen LogP contribution in [-0.2, 0) is 0 Å². The van der Waals surface area contributed by atoms with E-state index in [-0.39, 0.29) is 0 Å². The van der Waals surface area contributed by atoms with E-state index in [2.05, 4.69) is 51.7 Å². The Morgan fingerprint density at radius 2 is 2.18 bits per heavy atom. The molecule has 0 saturated heterocycles. The predicted molar refractivity (Wildman–Crippen MR) is 79.6 cm³/mol. The molecule has 0 aliphatic carbocycles. The lowest BCUT2D eigenvalue weighted by Crippen LogP contribution is -2.06. The van der Waals surface area contributed by atoms with Crippen LogP contribution < -0.4 is 11.1 Å². The molecule has 2 aromatic rings. The van der Waals surface area contributed by atoms with Gasteiger partial charge in [0.15, 0.2) is 0 Å². The third kappa shape index (κ3) is 2.82. The molecule has 0 radical (unpaired) electrons. The number of hydrogen-bond donors (Lipinski definition) is 2. The van der Waals surface area contributed by atoms with Gasteiger partial charge in [-0.15, -0.1) is 11.3 Å². The van der Waals surface area contributed by atoms with Gasteiger partial charge in [0.2, 0.25) is 0 Å². The summed E-state index contributed by atoms with van der Waals surface area (Å²) in [5.41, 5.74) is 8.84. The lowest BCUT2D eigenvalue weighted by Gasteiger charge is -2.16. The number of nitrogens with one attached hydrogen (secondary N) is 1. The quantitative estimate of drug-likeness (QED) is 0.815. The molecule has 17 heavy (non-hydrogen) atoms. The first-order chi connectivity index (χ1) is 8.08. The van der Waals surface area contributed by atoms with Gasteiger partial charge >= 0.3 is 0 Å². The van der Waals surface area contributed by atoms with Crippen LogP contribution >= 0.6 is 27.3 Å². The van der Waals surface area contributed by atoms with Crippen molar-refractivity contribution in [3.8, 4) is 0 Å². The number of anilines is 2. The van der Waals surface area contributed by atoms with Gasteiger partial charge in [-0.05, 0) is 58.9 Å². The number of hydrogen-bond acceptors (Lipinski definition) is 3. The predicted octanol–water partition coefficient (Wildman–Crippen LogP) is 4.57. The zero-order valence-corrected chi connectivity index (χ0v) is 12.2. The van der Waals surface area contributed by atoms with Crippen LogP contribution in [0.1, 0.15) is 23.4 Å². The normalized spacial score (nSPS) is 12.4. The molecular formula is C13H15BrN2S. The first-order valence-corrected chi connectivity index (χ1v) is 7.10. The third-order valence-electron chi connectivity index (χ3n) is 2.70. The zero-order chi connectivity index (χ0) is 12.4. The highest BCUT2D eigenvalue weighted by Crippen LogP contribution is 2.31. The molecule has 0 aliphatic rings. The molecule has 0 amide bonds. The molecule has 0 saturated carbocycles. The summed E-state index contributed by atoms with van der Waals surface area (Å²) in [5, 5.41) is 5.58. The van der Waals surface area contributed by atoms with Crippen LogP contribution in [0.4, 0.5) is 11.4 Å². The molecule has 0 bridgehead atoms. The van der Waals surface area contributed by atoms with E-state index in [0.717, 1.165) is 21.4 Å². The summed E-state index contributed by atoms with van der Waals surface area (Å²) in [6.45, 7) is 4.17. The monoisotopic (exact) mass is 310 g/mol. The summed E-state index contributed by atoms with van der Waals surface area (Å²) in [4.78, 5) is 1.33. The van der Waals surface area contributed by atoms with Crippen LogP contribution in [0.25, 0.3) is 0 Å². The fraction of sp³-hybridized carbons (Fsp3) is 0.231. The summed E-state index contributed by atoms with van der Waals surface area (Å²) >= 11 is 5.29. The van der Waals surface area contributed by atoms with E-state index in [9.17, 15) is 0 Å². The summed E-state index contributed by atoms with van der Waals surface area (Å²) < 4.78 is 1.00. The van der Waals surface area contributed by atoms with Crippen molar-refractivity contribution >= 4 is 38.6 Å². The molecule has 1 aromatic carbocycles. The fourth-order valence-corrected chi connectivity index (χ4v) is 2.86. The largest absolute Gasteiger partial charge is 0.398 e. The molecule has 1 heterocycles. The maximum atomic E-state index is 5.86. The lowest BCUT2D eigenvalue weighted by atomic mass is 10.1. The van der Waals surface area contributed by atoms with Crippen molar-refractivity contribution in [1.82, 2.24) is 0 Å². The van der Waals surface area contributed by atoms with Crippen LogP contribution in [-0.4, -0.2) is 0 Å². The van der Waals surface area contributed by atoms with Gasteiger partial charge in [-0.25, -0.2) is 0 Å². The molecule has 1 unspecified atom stereocenters. The first-order valence-electron chi connectivity index (χ1n) is 5.43. The topological polar surface area (TPSA) is 38.0 Å². The zero-order valence-electron chi connectivity index (χ0n) is 9.83. The average molecular weight is 311 g/mol. The maximum absolute atomic E-state index is 5.86. The van der Waals surface area contributed by atoms with Gasteiger partial charge < -0.3 is 11.1 Å². The highest BCUT2D eigenvalue weighted by molar-refractivity contribution is 9.10. The SMILES string of the molecule is Cc1cc(NC(C)c2cccs2)c(Br)cc1N. The van der Waals surface area contributed by atoms with E-state index in [1.165, 1.54) is 4.88 Å². The van der Waals surface area contributed by atoms with Crippen LogP contribution in [0, 0.1) is 6.92 Å². The van der Waals surface area contributed by atoms with Crippen molar-refractivity contribution in [3.63, 3.8) is 0 Å². The van der Waals surface area contributed by atoms with Gasteiger partial charge in [0.25, 0.3) is 0 Å². The van der Waals surface area contributed by atoms with E-state index in [1.54, 1.807) is 11.3 Å². The lowest BCUT2D eigenvalue weighted by molar-refractivity contribution is 0.906. The molecule has 0 fully saturated rings. The maximum Gasteiger partial charge on any atom is 0.0578 e. The Hall–Kier alpha value is -1.00. The minimum Gasteiger partial charge on any atom is -0.398 e. The number of aryl methyl sites for hydroxylation is 1. The second-order valence-electron chi connectivity index (χ2n) is 4.07.